The maximum absolute atomic E-state index is 14.0. The maximum atomic E-state index is 14.0. The van der Waals surface area contributed by atoms with Crippen molar-refractivity contribution >= 4 is 21.9 Å². The van der Waals surface area contributed by atoms with Crippen LogP contribution < -0.4 is 5.32 Å². The molecule has 0 radical (unpaired) electrons. The molecule has 0 fully saturated rings. The molecular formula is C16H15BrFNO2. The van der Waals surface area contributed by atoms with Gasteiger partial charge in [0.25, 0.3) is 0 Å². The Labute approximate surface area is 131 Å². The molecule has 0 aliphatic heterocycles. The van der Waals surface area contributed by atoms with Gasteiger partial charge in [-0.25, -0.2) is 9.18 Å². The number of benzene rings is 2. The van der Waals surface area contributed by atoms with Gasteiger partial charge in [0, 0.05) is 16.6 Å². The summed E-state index contributed by atoms with van der Waals surface area (Å²) < 4.78 is 19.4. The van der Waals surface area contributed by atoms with Crippen molar-refractivity contribution in [2.75, 3.05) is 7.11 Å². The second-order valence-electron chi connectivity index (χ2n) is 4.49. The molecule has 0 saturated heterocycles. The van der Waals surface area contributed by atoms with E-state index in [1.54, 1.807) is 12.1 Å². The Morgan fingerprint density at radius 3 is 2.62 bits per heavy atom. The fourth-order valence-electron chi connectivity index (χ4n) is 1.99. The summed E-state index contributed by atoms with van der Waals surface area (Å²) in [5.41, 5.74) is 1.27. The highest BCUT2D eigenvalue weighted by atomic mass is 79.9. The van der Waals surface area contributed by atoms with E-state index in [-0.39, 0.29) is 5.56 Å². The molecule has 21 heavy (non-hydrogen) atoms. The number of hydrogen-bond acceptors (Lipinski definition) is 3. The van der Waals surface area contributed by atoms with Gasteiger partial charge in [0.2, 0.25) is 0 Å². The number of methoxy groups -OCH3 is 1. The number of carbonyl (C=O) groups is 1. The lowest BCUT2D eigenvalue weighted by Crippen LogP contribution is -2.30. The fourth-order valence-corrected chi connectivity index (χ4v) is 2.32. The molecule has 0 bridgehead atoms. The van der Waals surface area contributed by atoms with Crippen LogP contribution in [0.15, 0.2) is 53.0 Å². The fraction of sp³-hybridized carbons (Fsp3) is 0.188. The molecule has 0 amide bonds. The third kappa shape index (κ3) is 4.12. The molecule has 5 heteroatoms. The van der Waals surface area contributed by atoms with Gasteiger partial charge in [0.15, 0.2) is 0 Å². The lowest BCUT2D eigenvalue weighted by Gasteiger charge is -2.17. The van der Waals surface area contributed by atoms with Crippen LogP contribution in [0.2, 0.25) is 0 Å². The molecule has 0 aliphatic rings. The summed E-state index contributed by atoms with van der Waals surface area (Å²) in [6.07, 6.45) is 0. The molecule has 1 N–H and O–H groups in total. The van der Waals surface area contributed by atoms with Crippen LogP contribution >= 0.6 is 15.9 Å². The van der Waals surface area contributed by atoms with Crippen molar-refractivity contribution in [3.63, 3.8) is 0 Å². The summed E-state index contributed by atoms with van der Waals surface area (Å²) in [5, 5.41) is 3.03. The summed E-state index contributed by atoms with van der Waals surface area (Å²) in [4.78, 5) is 11.9. The van der Waals surface area contributed by atoms with Crippen molar-refractivity contribution in [2.45, 2.75) is 12.6 Å². The normalized spacial score (nSPS) is 12.0. The predicted molar refractivity (Wildman–Crippen MR) is 82.1 cm³/mol. The average Bonchev–Trinajstić information content (AvgIpc) is 2.50. The van der Waals surface area contributed by atoms with Crippen molar-refractivity contribution in [2.24, 2.45) is 0 Å². The minimum atomic E-state index is -0.844. The molecule has 0 heterocycles. The molecule has 0 saturated carbocycles. The van der Waals surface area contributed by atoms with Crippen LogP contribution in [0.3, 0.4) is 0 Å². The summed E-state index contributed by atoms with van der Waals surface area (Å²) in [5.74, 6) is -0.979. The standard InChI is InChI=1S/C16H15BrFNO2/c1-21-16(20)15(13-8-7-12(17)9-14(13)18)19-10-11-5-3-2-4-6-11/h2-9,15,19H,10H2,1H3. The van der Waals surface area contributed by atoms with E-state index >= 15 is 0 Å². The first-order valence-electron chi connectivity index (χ1n) is 6.42. The second kappa shape index (κ2) is 7.33. The molecule has 0 spiro atoms. The second-order valence-corrected chi connectivity index (χ2v) is 5.40. The number of carbonyl (C=O) groups excluding carboxylic acids is 1. The van der Waals surface area contributed by atoms with Gasteiger partial charge in [-0.15, -0.1) is 0 Å². The van der Waals surface area contributed by atoms with Crippen LogP contribution in [0.5, 0.6) is 0 Å². The van der Waals surface area contributed by atoms with Gasteiger partial charge in [-0.1, -0.05) is 52.3 Å². The monoisotopic (exact) mass is 351 g/mol. The highest BCUT2D eigenvalue weighted by molar-refractivity contribution is 9.10. The summed E-state index contributed by atoms with van der Waals surface area (Å²) in [6, 6.07) is 13.3. The summed E-state index contributed by atoms with van der Waals surface area (Å²) in [7, 11) is 1.29. The van der Waals surface area contributed by atoms with Gasteiger partial charge in [0.1, 0.15) is 11.9 Å². The quantitative estimate of drug-likeness (QED) is 0.836. The number of esters is 1. The Bertz CT molecular complexity index is 619. The lowest BCUT2D eigenvalue weighted by atomic mass is 10.1. The van der Waals surface area contributed by atoms with E-state index in [1.807, 2.05) is 30.3 Å². The molecular weight excluding hydrogens is 337 g/mol. The summed E-state index contributed by atoms with van der Waals surface area (Å²) in [6.45, 7) is 0.441. The van der Waals surface area contributed by atoms with E-state index in [4.69, 9.17) is 4.74 Å². The highest BCUT2D eigenvalue weighted by Gasteiger charge is 2.24. The zero-order valence-electron chi connectivity index (χ0n) is 11.5. The lowest BCUT2D eigenvalue weighted by molar-refractivity contribution is -0.143. The number of ether oxygens (including phenoxy) is 1. The molecule has 0 aliphatic carbocycles. The SMILES string of the molecule is COC(=O)C(NCc1ccccc1)c1ccc(Br)cc1F. The smallest absolute Gasteiger partial charge is 0.327 e. The molecule has 2 aromatic rings. The third-order valence-corrected chi connectivity index (χ3v) is 3.56. The predicted octanol–water partition coefficient (Wildman–Crippen LogP) is 3.59. The first-order chi connectivity index (χ1) is 10.1. The van der Waals surface area contributed by atoms with Crippen molar-refractivity contribution in [3.05, 3.63) is 69.9 Å². The topological polar surface area (TPSA) is 38.3 Å². The van der Waals surface area contributed by atoms with E-state index < -0.39 is 17.8 Å². The zero-order valence-corrected chi connectivity index (χ0v) is 13.1. The molecule has 3 nitrogen and oxygen atoms in total. The van der Waals surface area contributed by atoms with E-state index in [0.29, 0.717) is 11.0 Å². The van der Waals surface area contributed by atoms with Crippen molar-refractivity contribution in [3.8, 4) is 0 Å². The average molecular weight is 352 g/mol. The van der Waals surface area contributed by atoms with Gasteiger partial charge in [0.05, 0.1) is 7.11 Å². The van der Waals surface area contributed by atoms with Crippen molar-refractivity contribution in [1.82, 2.24) is 5.32 Å². The Hall–Kier alpha value is -1.72. The van der Waals surface area contributed by atoms with E-state index in [1.165, 1.54) is 13.2 Å². The van der Waals surface area contributed by atoms with Crippen LogP contribution in [0.25, 0.3) is 0 Å². The van der Waals surface area contributed by atoms with Gasteiger partial charge < -0.3 is 4.74 Å². The molecule has 2 aromatic carbocycles. The highest BCUT2D eigenvalue weighted by Crippen LogP contribution is 2.22. The Balaban J connectivity index is 2.20. The zero-order chi connectivity index (χ0) is 15.2. The molecule has 1 atom stereocenters. The Kier molecular flexibility index (Phi) is 5.47. The molecule has 110 valence electrons. The van der Waals surface area contributed by atoms with Gasteiger partial charge in [-0.2, -0.15) is 0 Å². The van der Waals surface area contributed by atoms with Crippen LogP contribution in [0.1, 0.15) is 17.2 Å². The van der Waals surface area contributed by atoms with Gasteiger partial charge in [-0.05, 0) is 17.7 Å². The minimum Gasteiger partial charge on any atom is -0.468 e. The van der Waals surface area contributed by atoms with Crippen LogP contribution in [0, 0.1) is 5.82 Å². The third-order valence-electron chi connectivity index (χ3n) is 3.06. The van der Waals surface area contributed by atoms with Crippen LogP contribution in [0.4, 0.5) is 4.39 Å². The van der Waals surface area contributed by atoms with Gasteiger partial charge >= 0.3 is 5.97 Å². The van der Waals surface area contributed by atoms with Crippen LogP contribution in [-0.2, 0) is 16.1 Å². The Morgan fingerprint density at radius 1 is 1.29 bits per heavy atom. The number of nitrogens with one attached hydrogen (secondary N) is 1. The van der Waals surface area contributed by atoms with E-state index in [0.717, 1.165) is 5.56 Å². The number of rotatable bonds is 5. The van der Waals surface area contributed by atoms with Crippen LogP contribution in [-0.4, -0.2) is 13.1 Å². The first kappa shape index (κ1) is 15.7. The largest absolute Gasteiger partial charge is 0.468 e. The molecule has 0 aromatic heterocycles. The maximum Gasteiger partial charge on any atom is 0.327 e. The van der Waals surface area contributed by atoms with E-state index in [2.05, 4.69) is 21.2 Å². The minimum absolute atomic E-state index is 0.265. The van der Waals surface area contributed by atoms with Crippen molar-refractivity contribution in [1.29, 1.82) is 0 Å². The Morgan fingerprint density at radius 2 is 2.00 bits per heavy atom. The number of halogens is 2. The van der Waals surface area contributed by atoms with E-state index in [9.17, 15) is 9.18 Å². The first-order valence-corrected chi connectivity index (χ1v) is 7.21. The van der Waals surface area contributed by atoms with Gasteiger partial charge in [-0.3, -0.25) is 5.32 Å². The molecule has 2 rings (SSSR count). The summed E-state index contributed by atoms with van der Waals surface area (Å²) >= 11 is 3.20. The van der Waals surface area contributed by atoms with Crippen molar-refractivity contribution < 1.29 is 13.9 Å². The molecule has 1 unspecified atom stereocenters. The number of hydrogen-bond donors (Lipinski definition) is 1.